The molecule has 8 heteroatoms. The molecule has 1 aromatic rings. The zero-order valence-electron chi connectivity index (χ0n) is 20.4. The molecule has 0 spiro atoms. The number of rotatable bonds is 3. The van der Waals surface area contributed by atoms with Crippen molar-refractivity contribution in [1.82, 2.24) is 19.7 Å². The van der Waals surface area contributed by atoms with Crippen molar-refractivity contribution in [3.63, 3.8) is 0 Å². The van der Waals surface area contributed by atoms with Gasteiger partial charge < -0.3 is 14.5 Å². The number of amides is 1. The molecule has 5 aliphatic rings. The second-order valence-electron chi connectivity index (χ2n) is 10.2. The molecule has 1 amide bonds. The molecule has 0 bridgehead atoms. The lowest BCUT2D eigenvalue weighted by Gasteiger charge is -2.35. The Hall–Kier alpha value is -2.87. The summed E-state index contributed by atoms with van der Waals surface area (Å²) in [7, 11) is 2.06. The fourth-order valence-electron chi connectivity index (χ4n) is 6.09. The van der Waals surface area contributed by atoms with Crippen LogP contribution in [0.5, 0.6) is 0 Å². The Balaban J connectivity index is 1.34. The van der Waals surface area contributed by atoms with Crippen molar-refractivity contribution in [3.05, 3.63) is 46.8 Å². The van der Waals surface area contributed by atoms with Gasteiger partial charge in [-0.25, -0.2) is 0 Å². The quantitative estimate of drug-likeness (QED) is 0.691. The smallest absolute Gasteiger partial charge is 0.219 e. The summed E-state index contributed by atoms with van der Waals surface area (Å²) in [5.74, 6) is 2.01. The van der Waals surface area contributed by atoms with Gasteiger partial charge in [0.15, 0.2) is 5.82 Å². The van der Waals surface area contributed by atoms with Crippen LogP contribution in [-0.4, -0.2) is 71.2 Å². The van der Waals surface area contributed by atoms with Crippen molar-refractivity contribution < 1.29 is 9.53 Å². The van der Waals surface area contributed by atoms with Crippen LogP contribution in [0.2, 0.25) is 0 Å². The Morgan fingerprint density at radius 1 is 1.26 bits per heavy atom. The number of nitrogens with zero attached hydrogens (tertiary/aromatic N) is 6. The zero-order chi connectivity index (χ0) is 23.4. The number of hydrazone groups is 1. The van der Waals surface area contributed by atoms with Gasteiger partial charge in [0, 0.05) is 69.2 Å². The minimum atomic E-state index is 0.129. The summed E-state index contributed by atoms with van der Waals surface area (Å²) in [6.07, 6.45) is 14.2. The van der Waals surface area contributed by atoms with Crippen LogP contribution in [0.25, 0.3) is 0 Å². The molecule has 1 aromatic heterocycles. The first-order valence-corrected chi connectivity index (χ1v) is 12.6. The third kappa shape index (κ3) is 3.50. The normalized spacial score (nSPS) is 30.4. The lowest BCUT2D eigenvalue weighted by molar-refractivity contribution is -0.129. The standard InChI is InChI=1S/C26H34N6O2/c1-17-22(14-27-29(17)3)19-6-7-24-20(13-19)5-4-10-31(24)26-23-15-30(18(2)33)11-8-25(23)32(28-26)21-9-12-34-16-21/h4-7,14,17,19,21-22H,8-13,15-16H2,1-3H3. The third-order valence-corrected chi connectivity index (χ3v) is 8.26. The number of carbonyl (C=O) groups excluding carboxylic acids is 1. The number of aromatic nitrogens is 2. The van der Waals surface area contributed by atoms with Gasteiger partial charge in [0.2, 0.25) is 5.91 Å². The maximum atomic E-state index is 12.2. The van der Waals surface area contributed by atoms with Crippen LogP contribution < -0.4 is 4.90 Å². The minimum absolute atomic E-state index is 0.129. The average molecular weight is 463 g/mol. The van der Waals surface area contributed by atoms with Gasteiger partial charge in [-0.15, -0.1) is 0 Å². The van der Waals surface area contributed by atoms with E-state index in [9.17, 15) is 4.79 Å². The predicted octanol–water partition coefficient (Wildman–Crippen LogP) is 2.89. The molecule has 0 N–H and O–H groups in total. The summed E-state index contributed by atoms with van der Waals surface area (Å²) in [5.41, 5.74) is 5.07. The minimum Gasteiger partial charge on any atom is -0.379 e. The Morgan fingerprint density at radius 3 is 2.88 bits per heavy atom. The summed E-state index contributed by atoms with van der Waals surface area (Å²) in [6.45, 7) is 7.61. The van der Waals surface area contributed by atoms with Gasteiger partial charge in [-0.2, -0.15) is 10.2 Å². The number of anilines is 1. The number of carbonyl (C=O) groups is 1. The van der Waals surface area contributed by atoms with E-state index in [4.69, 9.17) is 9.84 Å². The fourth-order valence-corrected chi connectivity index (χ4v) is 6.09. The predicted molar refractivity (Wildman–Crippen MR) is 131 cm³/mol. The third-order valence-electron chi connectivity index (χ3n) is 8.26. The Labute approximate surface area is 201 Å². The second-order valence-corrected chi connectivity index (χ2v) is 10.2. The molecule has 4 unspecified atom stereocenters. The Morgan fingerprint density at radius 2 is 2.15 bits per heavy atom. The lowest BCUT2D eigenvalue weighted by Crippen LogP contribution is -2.36. The Kier molecular flexibility index (Phi) is 5.36. The first-order valence-electron chi connectivity index (χ1n) is 12.6. The van der Waals surface area contributed by atoms with E-state index in [1.165, 1.54) is 22.5 Å². The van der Waals surface area contributed by atoms with Crippen molar-refractivity contribution >= 4 is 17.9 Å². The van der Waals surface area contributed by atoms with Crippen LogP contribution >= 0.6 is 0 Å². The summed E-state index contributed by atoms with van der Waals surface area (Å²) in [5, 5.41) is 11.8. The number of hydrogen-bond acceptors (Lipinski definition) is 6. The zero-order valence-corrected chi connectivity index (χ0v) is 20.4. The number of hydrogen-bond donors (Lipinski definition) is 0. The lowest BCUT2D eigenvalue weighted by atomic mass is 9.79. The van der Waals surface area contributed by atoms with Crippen LogP contribution in [0.4, 0.5) is 5.82 Å². The molecular formula is C26H34N6O2. The molecule has 5 heterocycles. The average Bonchev–Trinajstić information content (AvgIpc) is 3.58. The van der Waals surface area contributed by atoms with E-state index in [0.29, 0.717) is 24.4 Å². The molecule has 4 aliphatic heterocycles. The molecule has 34 heavy (non-hydrogen) atoms. The van der Waals surface area contributed by atoms with E-state index in [1.54, 1.807) is 6.92 Å². The molecule has 0 aromatic carbocycles. The van der Waals surface area contributed by atoms with E-state index >= 15 is 0 Å². The van der Waals surface area contributed by atoms with Crippen molar-refractivity contribution in [3.8, 4) is 0 Å². The monoisotopic (exact) mass is 462 g/mol. The van der Waals surface area contributed by atoms with Crippen LogP contribution in [0.15, 0.2) is 40.7 Å². The van der Waals surface area contributed by atoms with Gasteiger partial charge in [0.1, 0.15) is 0 Å². The van der Waals surface area contributed by atoms with Crippen LogP contribution in [0.3, 0.4) is 0 Å². The van der Waals surface area contributed by atoms with Crippen molar-refractivity contribution in [2.45, 2.75) is 51.7 Å². The summed E-state index contributed by atoms with van der Waals surface area (Å²) in [6, 6.07) is 0.695. The van der Waals surface area contributed by atoms with E-state index in [2.05, 4.69) is 64.2 Å². The molecule has 6 rings (SSSR count). The van der Waals surface area contributed by atoms with Crippen LogP contribution in [0, 0.1) is 11.8 Å². The maximum Gasteiger partial charge on any atom is 0.219 e. The van der Waals surface area contributed by atoms with E-state index in [1.807, 2.05) is 4.90 Å². The molecule has 0 saturated carbocycles. The maximum absolute atomic E-state index is 12.2. The number of ether oxygens (including phenoxy) is 1. The first kappa shape index (κ1) is 21.6. The van der Waals surface area contributed by atoms with Crippen molar-refractivity contribution in [2.75, 3.05) is 38.3 Å². The second kappa shape index (κ2) is 8.41. The highest BCUT2D eigenvalue weighted by Gasteiger charge is 2.36. The fraction of sp³-hybridized carbons (Fsp3) is 0.577. The summed E-state index contributed by atoms with van der Waals surface area (Å²) < 4.78 is 7.91. The molecule has 180 valence electrons. The van der Waals surface area contributed by atoms with E-state index < -0.39 is 0 Å². The molecule has 4 atom stereocenters. The SMILES string of the molecule is CC(=O)N1CCc2c(c(N3CC=CC4=C3C=CC(C3C=NN(C)C3C)C4)nn2C2CCOC2)C1. The molecule has 0 radical (unpaired) electrons. The van der Waals surface area contributed by atoms with Crippen LogP contribution in [-0.2, 0) is 22.5 Å². The molecule has 8 nitrogen and oxygen atoms in total. The largest absolute Gasteiger partial charge is 0.379 e. The van der Waals surface area contributed by atoms with E-state index in [-0.39, 0.29) is 11.9 Å². The Bertz CT molecular complexity index is 1110. The summed E-state index contributed by atoms with van der Waals surface area (Å²) >= 11 is 0. The van der Waals surface area contributed by atoms with Crippen molar-refractivity contribution in [2.24, 2.45) is 16.9 Å². The summed E-state index contributed by atoms with van der Waals surface area (Å²) in [4.78, 5) is 16.5. The van der Waals surface area contributed by atoms with Gasteiger partial charge in [0.05, 0.1) is 25.2 Å². The van der Waals surface area contributed by atoms with Gasteiger partial charge in [0.25, 0.3) is 0 Å². The highest BCUT2D eigenvalue weighted by molar-refractivity contribution is 5.74. The van der Waals surface area contributed by atoms with Crippen molar-refractivity contribution in [1.29, 1.82) is 0 Å². The molecular weight excluding hydrogens is 428 g/mol. The molecule has 1 saturated heterocycles. The van der Waals surface area contributed by atoms with Gasteiger partial charge in [-0.05, 0) is 37.3 Å². The first-order chi connectivity index (χ1) is 16.5. The van der Waals surface area contributed by atoms with E-state index in [0.717, 1.165) is 51.4 Å². The molecule has 1 aliphatic carbocycles. The van der Waals surface area contributed by atoms with Gasteiger partial charge in [-0.1, -0.05) is 18.2 Å². The topological polar surface area (TPSA) is 66.2 Å². The van der Waals surface area contributed by atoms with Gasteiger partial charge >= 0.3 is 0 Å². The number of fused-ring (bicyclic) bond motifs is 1. The van der Waals surface area contributed by atoms with Crippen LogP contribution in [0.1, 0.15) is 44.0 Å². The number of allylic oxidation sites excluding steroid dienone is 4. The molecule has 1 fully saturated rings. The highest BCUT2D eigenvalue weighted by atomic mass is 16.5. The highest BCUT2D eigenvalue weighted by Crippen LogP contribution is 2.40. The van der Waals surface area contributed by atoms with Gasteiger partial charge in [-0.3, -0.25) is 14.5 Å².